The largest absolute Gasteiger partial charge is 0.388 e. The van der Waals surface area contributed by atoms with Crippen molar-refractivity contribution < 1.29 is 0 Å². The van der Waals surface area contributed by atoms with E-state index in [0.717, 1.165) is 33.7 Å². The lowest BCUT2D eigenvalue weighted by atomic mass is 10.1. The molecule has 2 heterocycles. The number of fused-ring (bicyclic) bond motifs is 1. The first-order valence-corrected chi connectivity index (χ1v) is 7.37. The lowest BCUT2D eigenvalue weighted by Crippen LogP contribution is -1.93. The minimum absolute atomic E-state index is 0.858. The monoisotopic (exact) mass is 301 g/mol. The van der Waals surface area contributed by atoms with Gasteiger partial charge in [0.25, 0.3) is 0 Å². The van der Waals surface area contributed by atoms with Crippen molar-refractivity contribution in [1.29, 1.82) is 0 Å². The van der Waals surface area contributed by atoms with Gasteiger partial charge >= 0.3 is 0 Å². The van der Waals surface area contributed by atoms with E-state index < -0.39 is 0 Å². The normalized spacial score (nSPS) is 10.8. The first kappa shape index (κ1) is 13.5. The Hall–Kier alpha value is -3.21. The number of hydrogen-bond acceptors (Lipinski definition) is 4. The quantitative estimate of drug-likeness (QED) is 0.629. The smallest absolute Gasteiger partial charge is 0.100 e. The zero-order chi connectivity index (χ0) is 15.6. The Labute approximate surface area is 133 Å². The minimum Gasteiger partial charge on any atom is -0.388 e. The molecule has 0 fully saturated rings. The molecule has 0 aliphatic carbocycles. The Bertz CT molecular complexity index is 959. The van der Waals surface area contributed by atoms with E-state index in [2.05, 4.69) is 43.0 Å². The first-order chi connectivity index (χ1) is 11.3. The van der Waals surface area contributed by atoms with E-state index >= 15 is 0 Å². The van der Waals surface area contributed by atoms with E-state index in [9.17, 15) is 0 Å². The molecule has 0 saturated carbocycles. The third-order valence-electron chi connectivity index (χ3n) is 3.82. The van der Waals surface area contributed by atoms with Crippen molar-refractivity contribution in [2.75, 3.05) is 12.4 Å². The van der Waals surface area contributed by atoms with E-state index in [1.165, 1.54) is 0 Å². The van der Waals surface area contributed by atoms with Crippen LogP contribution < -0.4 is 5.32 Å². The lowest BCUT2D eigenvalue weighted by molar-refractivity contribution is 1.09. The molecule has 0 radical (unpaired) electrons. The summed E-state index contributed by atoms with van der Waals surface area (Å²) in [5.41, 5.74) is 6.02. The molecule has 2 aromatic heterocycles. The molecule has 0 saturated heterocycles. The molecule has 0 atom stereocenters. The van der Waals surface area contributed by atoms with Gasteiger partial charge < -0.3 is 5.32 Å². The van der Waals surface area contributed by atoms with Crippen LogP contribution in [0.15, 0.2) is 67.4 Å². The van der Waals surface area contributed by atoms with Crippen LogP contribution in [0.1, 0.15) is 0 Å². The molecule has 112 valence electrons. The maximum atomic E-state index is 4.50. The second kappa shape index (κ2) is 5.53. The maximum absolute atomic E-state index is 4.50. The summed E-state index contributed by atoms with van der Waals surface area (Å²) in [4.78, 5) is 13.0. The molecule has 1 N–H and O–H groups in total. The van der Waals surface area contributed by atoms with Gasteiger partial charge in [-0.2, -0.15) is 0 Å². The van der Waals surface area contributed by atoms with Crippen molar-refractivity contribution in [2.24, 2.45) is 0 Å². The van der Waals surface area contributed by atoms with Crippen molar-refractivity contribution in [2.45, 2.75) is 0 Å². The summed E-state index contributed by atoms with van der Waals surface area (Å²) < 4.78 is 2.08. The number of benzene rings is 2. The minimum atomic E-state index is 0.858. The summed E-state index contributed by atoms with van der Waals surface area (Å²) in [5, 5.41) is 3.13. The van der Waals surface area contributed by atoms with Crippen molar-refractivity contribution in [3.8, 4) is 16.9 Å². The Morgan fingerprint density at radius 3 is 2.78 bits per heavy atom. The van der Waals surface area contributed by atoms with Crippen LogP contribution >= 0.6 is 0 Å². The van der Waals surface area contributed by atoms with Crippen LogP contribution in [-0.4, -0.2) is 26.6 Å². The fourth-order valence-corrected chi connectivity index (χ4v) is 2.64. The second-order valence-corrected chi connectivity index (χ2v) is 5.21. The van der Waals surface area contributed by atoms with Gasteiger partial charge in [-0.05, 0) is 30.3 Å². The zero-order valence-corrected chi connectivity index (χ0v) is 12.6. The highest BCUT2D eigenvalue weighted by Gasteiger charge is 2.07. The van der Waals surface area contributed by atoms with Crippen LogP contribution in [0.3, 0.4) is 0 Å². The fraction of sp³-hybridized carbons (Fsp3) is 0.0556. The summed E-state index contributed by atoms with van der Waals surface area (Å²) in [6, 6.07) is 14.4. The fourth-order valence-electron chi connectivity index (χ4n) is 2.64. The molecule has 4 aromatic rings. The van der Waals surface area contributed by atoms with Crippen molar-refractivity contribution >= 4 is 16.7 Å². The Balaban J connectivity index is 1.82. The van der Waals surface area contributed by atoms with Crippen molar-refractivity contribution in [3.05, 3.63) is 67.4 Å². The third-order valence-corrected chi connectivity index (χ3v) is 3.82. The Morgan fingerprint density at radius 1 is 1.00 bits per heavy atom. The van der Waals surface area contributed by atoms with Gasteiger partial charge in [-0.15, -0.1) is 0 Å². The highest BCUT2D eigenvalue weighted by atomic mass is 15.0. The molecular weight excluding hydrogens is 286 g/mol. The summed E-state index contributed by atoms with van der Waals surface area (Å²) in [6.07, 6.45) is 6.99. The SMILES string of the molecule is CNc1ccc2c(c1)ncn2-c1cccc(-c2cnccn2)c1. The third kappa shape index (κ3) is 2.42. The molecular formula is C18H15N5. The first-order valence-electron chi connectivity index (χ1n) is 7.37. The van der Waals surface area contributed by atoms with E-state index in [0.29, 0.717) is 0 Å². The van der Waals surface area contributed by atoms with Gasteiger partial charge in [0.05, 0.1) is 22.9 Å². The van der Waals surface area contributed by atoms with Gasteiger partial charge in [-0.3, -0.25) is 14.5 Å². The highest BCUT2D eigenvalue weighted by molar-refractivity contribution is 5.81. The number of nitrogens with zero attached hydrogens (tertiary/aromatic N) is 4. The summed E-state index contributed by atoms with van der Waals surface area (Å²) in [7, 11) is 1.91. The number of nitrogens with one attached hydrogen (secondary N) is 1. The lowest BCUT2D eigenvalue weighted by Gasteiger charge is -2.07. The summed E-state index contributed by atoms with van der Waals surface area (Å²) in [5.74, 6) is 0. The van der Waals surface area contributed by atoms with Crippen LogP contribution in [0.5, 0.6) is 0 Å². The number of anilines is 1. The highest BCUT2D eigenvalue weighted by Crippen LogP contribution is 2.24. The van der Waals surface area contributed by atoms with Gasteiger partial charge in [0.2, 0.25) is 0 Å². The zero-order valence-electron chi connectivity index (χ0n) is 12.6. The van der Waals surface area contributed by atoms with E-state index in [4.69, 9.17) is 0 Å². The predicted octanol–water partition coefficient (Wildman–Crippen LogP) is 3.52. The molecule has 5 nitrogen and oxygen atoms in total. The summed E-state index contributed by atoms with van der Waals surface area (Å²) in [6.45, 7) is 0. The number of imidazole rings is 1. The topological polar surface area (TPSA) is 55.6 Å². The molecule has 2 aromatic carbocycles. The van der Waals surface area contributed by atoms with Crippen LogP contribution in [0.4, 0.5) is 5.69 Å². The standard InChI is InChI=1S/C18H15N5/c1-19-14-5-6-18-16(10-14)22-12-23(18)15-4-2-3-13(9-15)17-11-20-7-8-21-17/h2-12,19H,1H3. The van der Waals surface area contributed by atoms with Crippen molar-refractivity contribution in [3.63, 3.8) is 0 Å². The Kier molecular flexibility index (Phi) is 3.24. The van der Waals surface area contributed by atoms with Gasteiger partial charge in [-0.1, -0.05) is 12.1 Å². The Morgan fingerprint density at radius 2 is 1.96 bits per heavy atom. The molecule has 0 unspecified atom stereocenters. The second-order valence-electron chi connectivity index (χ2n) is 5.21. The molecule has 23 heavy (non-hydrogen) atoms. The number of aromatic nitrogens is 4. The molecule has 0 amide bonds. The van der Waals surface area contributed by atoms with Crippen LogP contribution in [-0.2, 0) is 0 Å². The number of hydrogen-bond donors (Lipinski definition) is 1. The molecule has 4 rings (SSSR count). The van der Waals surface area contributed by atoms with Crippen molar-refractivity contribution in [1.82, 2.24) is 19.5 Å². The van der Waals surface area contributed by atoms with Crippen LogP contribution in [0.25, 0.3) is 28.0 Å². The van der Waals surface area contributed by atoms with Gasteiger partial charge in [0.15, 0.2) is 0 Å². The van der Waals surface area contributed by atoms with Gasteiger partial charge in [0, 0.05) is 36.4 Å². The van der Waals surface area contributed by atoms with E-state index in [1.807, 2.05) is 37.6 Å². The molecule has 0 aliphatic rings. The molecule has 0 bridgehead atoms. The molecule has 5 heteroatoms. The summed E-state index contributed by atoms with van der Waals surface area (Å²) >= 11 is 0. The average molecular weight is 301 g/mol. The van der Waals surface area contributed by atoms with Crippen LogP contribution in [0.2, 0.25) is 0 Å². The van der Waals surface area contributed by atoms with E-state index in [1.54, 1.807) is 18.6 Å². The molecule has 0 aliphatic heterocycles. The van der Waals surface area contributed by atoms with Gasteiger partial charge in [-0.25, -0.2) is 4.98 Å². The average Bonchev–Trinajstić information content (AvgIpc) is 3.05. The van der Waals surface area contributed by atoms with Gasteiger partial charge in [0.1, 0.15) is 6.33 Å². The number of rotatable bonds is 3. The maximum Gasteiger partial charge on any atom is 0.100 e. The van der Waals surface area contributed by atoms with E-state index in [-0.39, 0.29) is 0 Å². The predicted molar refractivity (Wildman–Crippen MR) is 91.6 cm³/mol. The molecule has 0 spiro atoms. The van der Waals surface area contributed by atoms with Crippen LogP contribution in [0, 0.1) is 0 Å².